The van der Waals surface area contributed by atoms with E-state index >= 15 is 0 Å². The zero-order chi connectivity index (χ0) is 16.4. The van der Waals surface area contributed by atoms with Crippen LogP contribution < -0.4 is 15.7 Å². The van der Waals surface area contributed by atoms with E-state index in [0.717, 1.165) is 37.3 Å². The third kappa shape index (κ3) is 3.00. The molecule has 1 fully saturated rings. The van der Waals surface area contributed by atoms with Gasteiger partial charge in [-0.05, 0) is 17.1 Å². The SMILES string of the molecule is [B]c1cc(-c2ncsn2)ccc1-c1cnc(N2CCNCC2)nn1. The summed E-state index contributed by atoms with van der Waals surface area (Å²) in [5.41, 5.74) is 4.65. The Morgan fingerprint density at radius 2 is 2.00 bits per heavy atom. The lowest BCUT2D eigenvalue weighted by molar-refractivity contribution is 0.577. The van der Waals surface area contributed by atoms with Gasteiger partial charge < -0.3 is 10.2 Å². The van der Waals surface area contributed by atoms with E-state index in [1.807, 2.05) is 18.2 Å². The van der Waals surface area contributed by atoms with Crippen molar-refractivity contribution in [1.29, 1.82) is 0 Å². The maximum absolute atomic E-state index is 6.17. The van der Waals surface area contributed by atoms with Crippen molar-refractivity contribution in [3.05, 3.63) is 29.9 Å². The second-order valence-corrected chi connectivity index (χ2v) is 6.04. The minimum atomic E-state index is 0.605. The van der Waals surface area contributed by atoms with E-state index in [0.29, 0.717) is 22.9 Å². The standard InChI is InChI=1S/C15H14BN7S/c16-12-7-10(14-19-9-24-22-14)1-2-11(12)13-8-18-15(21-20-13)23-5-3-17-4-6-23/h1-2,7-9,17H,3-6H2. The Labute approximate surface area is 144 Å². The van der Waals surface area contributed by atoms with E-state index in [4.69, 9.17) is 7.85 Å². The van der Waals surface area contributed by atoms with Crippen molar-refractivity contribution >= 4 is 30.8 Å². The third-order valence-corrected chi connectivity index (χ3v) is 4.37. The molecule has 1 aromatic carbocycles. The maximum atomic E-state index is 6.17. The van der Waals surface area contributed by atoms with Crippen molar-refractivity contribution in [3.8, 4) is 22.6 Å². The van der Waals surface area contributed by atoms with Crippen molar-refractivity contribution in [2.45, 2.75) is 0 Å². The second-order valence-electron chi connectivity index (χ2n) is 5.44. The molecule has 2 aromatic heterocycles. The Kier molecular flexibility index (Phi) is 4.18. The summed E-state index contributed by atoms with van der Waals surface area (Å²) in [7, 11) is 6.17. The average molecular weight is 335 g/mol. The lowest BCUT2D eigenvalue weighted by atomic mass is 9.87. The fraction of sp³-hybridized carbons (Fsp3) is 0.267. The van der Waals surface area contributed by atoms with Crippen molar-refractivity contribution in [2.75, 3.05) is 31.1 Å². The van der Waals surface area contributed by atoms with Gasteiger partial charge in [0.05, 0.1) is 6.20 Å². The molecule has 1 saturated heterocycles. The molecule has 1 aliphatic heterocycles. The quantitative estimate of drug-likeness (QED) is 0.688. The number of piperazine rings is 1. The molecule has 0 saturated carbocycles. The van der Waals surface area contributed by atoms with Crippen molar-refractivity contribution in [2.24, 2.45) is 0 Å². The highest BCUT2D eigenvalue weighted by atomic mass is 32.1. The number of hydrogen-bond donors (Lipinski definition) is 1. The molecular formula is C15H14BN7S. The van der Waals surface area contributed by atoms with Crippen LogP contribution in [0.2, 0.25) is 0 Å². The summed E-state index contributed by atoms with van der Waals surface area (Å²) in [4.78, 5) is 10.8. The summed E-state index contributed by atoms with van der Waals surface area (Å²) in [6, 6.07) is 5.69. The predicted octanol–water partition coefficient (Wildman–Crippen LogP) is 0.260. The molecule has 0 aliphatic carbocycles. The van der Waals surface area contributed by atoms with Crippen LogP contribution in [0.3, 0.4) is 0 Å². The maximum Gasteiger partial charge on any atom is 0.245 e. The second kappa shape index (κ2) is 6.62. The third-order valence-electron chi connectivity index (χ3n) is 3.90. The summed E-state index contributed by atoms with van der Waals surface area (Å²) in [5.74, 6) is 1.33. The molecule has 3 heterocycles. The summed E-state index contributed by atoms with van der Waals surface area (Å²) < 4.78 is 4.22. The van der Waals surface area contributed by atoms with Crippen molar-refractivity contribution in [3.63, 3.8) is 0 Å². The lowest BCUT2D eigenvalue weighted by Gasteiger charge is -2.26. The first-order valence-corrected chi connectivity index (χ1v) is 8.47. The molecule has 0 bridgehead atoms. The van der Waals surface area contributed by atoms with E-state index in [1.54, 1.807) is 11.7 Å². The van der Waals surface area contributed by atoms with Gasteiger partial charge in [0.1, 0.15) is 19.1 Å². The van der Waals surface area contributed by atoms with E-state index < -0.39 is 0 Å². The number of nitrogens with one attached hydrogen (secondary N) is 1. The highest BCUT2D eigenvalue weighted by Gasteiger charge is 2.14. The van der Waals surface area contributed by atoms with Crippen LogP contribution in [0.25, 0.3) is 22.6 Å². The minimum absolute atomic E-state index is 0.605. The molecule has 24 heavy (non-hydrogen) atoms. The Morgan fingerprint density at radius 1 is 1.12 bits per heavy atom. The number of anilines is 1. The molecule has 0 amide bonds. The summed E-state index contributed by atoms with van der Waals surface area (Å²) in [6.07, 6.45) is 1.72. The lowest BCUT2D eigenvalue weighted by Crippen LogP contribution is -2.44. The Balaban J connectivity index is 1.59. The van der Waals surface area contributed by atoms with Crippen LogP contribution in [0.5, 0.6) is 0 Å². The van der Waals surface area contributed by atoms with Gasteiger partial charge in [0.2, 0.25) is 5.95 Å². The van der Waals surface area contributed by atoms with Gasteiger partial charge in [-0.15, -0.1) is 10.2 Å². The van der Waals surface area contributed by atoms with Crippen LogP contribution in [-0.2, 0) is 0 Å². The molecule has 0 spiro atoms. The van der Waals surface area contributed by atoms with Gasteiger partial charge in [-0.2, -0.15) is 4.37 Å². The van der Waals surface area contributed by atoms with Gasteiger partial charge in [0, 0.05) is 31.7 Å². The zero-order valence-corrected chi connectivity index (χ0v) is 13.7. The van der Waals surface area contributed by atoms with Crippen LogP contribution in [-0.4, -0.2) is 58.6 Å². The van der Waals surface area contributed by atoms with E-state index in [9.17, 15) is 0 Å². The van der Waals surface area contributed by atoms with Gasteiger partial charge in [0.15, 0.2) is 5.82 Å². The molecule has 9 heteroatoms. The monoisotopic (exact) mass is 335 g/mol. The van der Waals surface area contributed by atoms with E-state index in [-0.39, 0.29) is 0 Å². The molecule has 0 atom stereocenters. The van der Waals surface area contributed by atoms with Crippen molar-refractivity contribution < 1.29 is 0 Å². The molecular weight excluding hydrogens is 321 g/mol. The number of benzene rings is 1. The molecule has 2 radical (unpaired) electrons. The van der Waals surface area contributed by atoms with Crippen molar-refractivity contribution in [1.82, 2.24) is 29.9 Å². The number of rotatable bonds is 3. The average Bonchev–Trinajstić information content (AvgIpc) is 3.17. The van der Waals surface area contributed by atoms with Crippen LogP contribution >= 0.6 is 11.5 Å². The van der Waals surface area contributed by atoms with Gasteiger partial charge in [0.25, 0.3) is 0 Å². The van der Waals surface area contributed by atoms with Crippen LogP contribution in [0.4, 0.5) is 5.95 Å². The molecule has 0 unspecified atom stereocenters. The summed E-state index contributed by atoms with van der Waals surface area (Å²) in [6.45, 7) is 3.64. The van der Waals surface area contributed by atoms with Crippen LogP contribution in [0.15, 0.2) is 29.9 Å². The van der Waals surface area contributed by atoms with Gasteiger partial charge in [-0.1, -0.05) is 23.7 Å². The Hall–Kier alpha value is -2.39. The fourth-order valence-electron chi connectivity index (χ4n) is 2.64. The largest absolute Gasteiger partial charge is 0.337 e. The topological polar surface area (TPSA) is 79.7 Å². The number of aromatic nitrogens is 5. The van der Waals surface area contributed by atoms with E-state index in [2.05, 4.69) is 34.8 Å². The number of hydrogen-bond acceptors (Lipinski definition) is 8. The summed E-state index contributed by atoms with van der Waals surface area (Å²) in [5, 5.41) is 11.8. The highest BCUT2D eigenvalue weighted by Crippen LogP contribution is 2.20. The van der Waals surface area contributed by atoms with Gasteiger partial charge in [-0.3, -0.25) is 0 Å². The zero-order valence-electron chi connectivity index (χ0n) is 12.9. The van der Waals surface area contributed by atoms with Gasteiger partial charge >= 0.3 is 0 Å². The summed E-state index contributed by atoms with van der Waals surface area (Å²) >= 11 is 1.31. The molecule has 4 rings (SSSR count). The Morgan fingerprint density at radius 3 is 2.67 bits per heavy atom. The molecule has 7 nitrogen and oxygen atoms in total. The fourth-order valence-corrected chi connectivity index (χ4v) is 3.08. The normalized spacial score (nSPS) is 14.8. The van der Waals surface area contributed by atoms with E-state index in [1.165, 1.54) is 11.5 Å². The first kappa shape index (κ1) is 15.2. The van der Waals surface area contributed by atoms with Crippen LogP contribution in [0.1, 0.15) is 0 Å². The minimum Gasteiger partial charge on any atom is -0.337 e. The number of nitrogens with zero attached hydrogens (tertiary/aromatic N) is 6. The highest BCUT2D eigenvalue weighted by molar-refractivity contribution is 7.03. The molecule has 1 aliphatic rings. The first-order chi connectivity index (χ1) is 11.8. The predicted molar refractivity (Wildman–Crippen MR) is 94.6 cm³/mol. The molecule has 1 N–H and O–H groups in total. The van der Waals surface area contributed by atoms with Crippen LogP contribution in [0, 0.1) is 0 Å². The molecule has 118 valence electrons. The van der Waals surface area contributed by atoms with Gasteiger partial charge in [-0.25, -0.2) is 9.97 Å². The smallest absolute Gasteiger partial charge is 0.245 e. The molecule has 3 aromatic rings. The first-order valence-electron chi connectivity index (χ1n) is 7.63. The Bertz CT molecular complexity index is 816.